The molecule has 26 heavy (non-hydrogen) atoms. The molecule has 0 bridgehead atoms. The molecule has 150 valence electrons. The third-order valence-electron chi connectivity index (χ3n) is 4.71. The molecule has 0 spiro atoms. The Morgan fingerprint density at radius 1 is 1.38 bits per heavy atom. The van der Waals surface area contributed by atoms with Crippen molar-refractivity contribution in [3.8, 4) is 0 Å². The van der Waals surface area contributed by atoms with Crippen LogP contribution in [0.15, 0.2) is 5.38 Å². The van der Waals surface area contributed by atoms with E-state index in [2.05, 4.69) is 67.9 Å². The smallest absolute Gasteiger partial charge is 0.357 e. The maximum absolute atomic E-state index is 11.4. The van der Waals surface area contributed by atoms with Gasteiger partial charge in [0.05, 0.1) is 13.2 Å². The van der Waals surface area contributed by atoms with Gasteiger partial charge in [-0.15, -0.1) is 11.3 Å². The van der Waals surface area contributed by atoms with Gasteiger partial charge >= 0.3 is 5.97 Å². The summed E-state index contributed by atoms with van der Waals surface area (Å²) in [5.41, 5.74) is 0.353. The summed E-state index contributed by atoms with van der Waals surface area (Å²) in [5, 5.41) is 5.96. The molecule has 1 aromatic rings. The molecule has 6 nitrogen and oxygen atoms in total. The van der Waals surface area contributed by atoms with Crippen LogP contribution in [-0.4, -0.2) is 64.6 Å². The lowest BCUT2D eigenvalue weighted by atomic mass is 10.2. The number of likely N-dealkylation sites (N-methyl/N-ethyl adjacent to an activating group) is 1. The quantitative estimate of drug-likeness (QED) is 0.362. The Hall–Kier alpha value is -0.963. The summed E-state index contributed by atoms with van der Waals surface area (Å²) in [6.45, 7) is 13.2. The van der Waals surface area contributed by atoms with Crippen molar-refractivity contribution in [3.05, 3.63) is 11.1 Å². The summed E-state index contributed by atoms with van der Waals surface area (Å²) in [5.74, 6) is -0.400. The average molecular weight is 402 g/mol. The second-order valence-electron chi connectivity index (χ2n) is 8.36. The molecular weight excluding hydrogens is 366 g/mol. The summed E-state index contributed by atoms with van der Waals surface area (Å²) >= 11 is 1.42. The summed E-state index contributed by atoms with van der Waals surface area (Å²) in [6.07, 6.45) is 2.21. The third kappa shape index (κ3) is 7.34. The zero-order valence-electron chi connectivity index (χ0n) is 17.5. The van der Waals surface area contributed by atoms with E-state index in [1.54, 1.807) is 5.38 Å². The molecule has 0 aliphatic rings. The van der Waals surface area contributed by atoms with Crippen LogP contribution < -0.4 is 5.32 Å². The minimum Gasteiger partial charge on any atom is -0.464 e. The van der Waals surface area contributed by atoms with Crippen LogP contribution in [0.5, 0.6) is 0 Å². The zero-order chi connectivity index (χ0) is 20.0. The summed E-state index contributed by atoms with van der Waals surface area (Å²) in [7, 11) is 3.76. The SMILES string of the molecule is COC(=O)c1csc(NCCCC(CN(C)C)O[Si](C)(C)C(C)(C)C)n1. The van der Waals surface area contributed by atoms with E-state index in [1.165, 1.54) is 18.4 Å². The van der Waals surface area contributed by atoms with Crippen LogP contribution in [0.3, 0.4) is 0 Å². The van der Waals surface area contributed by atoms with Crippen LogP contribution in [-0.2, 0) is 9.16 Å². The topological polar surface area (TPSA) is 63.7 Å². The normalized spacial score (nSPS) is 13.7. The fourth-order valence-electron chi connectivity index (χ4n) is 2.27. The molecular formula is C18H35N3O3SSi. The molecule has 0 fully saturated rings. The van der Waals surface area contributed by atoms with Gasteiger partial charge in [-0.2, -0.15) is 0 Å². The van der Waals surface area contributed by atoms with Crippen molar-refractivity contribution < 1.29 is 14.0 Å². The Labute approximate surface area is 163 Å². The van der Waals surface area contributed by atoms with Gasteiger partial charge in [0.2, 0.25) is 0 Å². The molecule has 1 atom stereocenters. The molecule has 1 aromatic heterocycles. The van der Waals surface area contributed by atoms with Gasteiger partial charge in [0.1, 0.15) is 0 Å². The van der Waals surface area contributed by atoms with E-state index < -0.39 is 14.3 Å². The number of hydrogen-bond donors (Lipinski definition) is 1. The average Bonchev–Trinajstić information content (AvgIpc) is 2.97. The van der Waals surface area contributed by atoms with E-state index in [0.29, 0.717) is 5.69 Å². The lowest BCUT2D eigenvalue weighted by molar-refractivity contribution is 0.0595. The van der Waals surface area contributed by atoms with Crippen LogP contribution in [0, 0.1) is 0 Å². The lowest BCUT2D eigenvalue weighted by Crippen LogP contribution is -2.46. The van der Waals surface area contributed by atoms with Crippen molar-refractivity contribution in [1.29, 1.82) is 0 Å². The first-order valence-corrected chi connectivity index (χ1v) is 12.9. The monoisotopic (exact) mass is 401 g/mol. The molecule has 8 heteroatoms. The lowest BCUT2D eigenvalue weighted by Gasteiger charge is -2.40. The van der Waals surface area contributed by atoms with Crippen molar-refractivity contribution >= 4 is 30.8 Å². The highest BCUT2D eigenvalue weighted by Crippen LogP contribution is 2.37. The standard InChI is InChI=1S/C18H35N3O3SSi/c1-18(2,3)26(7,8)24-14(12-21(4)5)10-9-11-19-17-20-15(13-25-17)16(22)23-6/h13-14H,9-12H2,1-8H3,(H,19,20). The highest BCUT2D eigenvalue weighted by Gasteiger charge is 2.39. The predicted molar refractivity (Wildman–Crippen MR) is 112 cm³/mol. The van der Waals surface area contributed by atoms with Crippen molar-refractivity contribution in [3.63, 3.8) is 0 Å². The van der Waals surface area contributed by atoms with Crippen LogP contribution in [0.25, 0.3) is 0 Å². The molecule has 0 radical (unpaired) electrons. The van der Waals surface area contributed by atoms with Crippen molar-refractivity contribution in [2.45, 2.75) is 57.8 Å². The summed E-state index contributed by atoms with van der Waals surface area (Å²) in [6, 6.07) is 0. The number of aromatic nitrogens is 1. The molecule has 0 saturated heterocycles. The van der Waals surface area contributed by atoms with Gasteiger partial charge in [-0.1, -0.05) is 20.8 Å². The molecule has 1 heterocycles. The Morgan fingerprint density at radius 2 is 2.04 bits per heavy atom. The van der Waals surface area contributed by atoms with E-state index in [4.69, 9.17) is 4.43 Å². The van der Waals surface area contributed by atoms with Crippen molar-refractivity contribution in [2.24, 2.45) is 0 Å². The molecule has 0 aromatic carbocycles. The number of esters is 1. The number of hydrogen-bond acceptors (Lipinski definition) is 7. The molecule has 0 saturated carbocycles. The van der Waals surface area contributed by atoms with E-state index in [0.717, 1.165) is 31.1 Å². The number of ether oxygens (including phenoxy) is 1. The van der Waals surface area contributed by atoms with Gasteiger partial charge < -0.3 is 19.4 Å². The Kier molecular flexibility index (Phi) is 8.72. The highest BCUT2D eigenvalue weighted by atomic mass is 32.1. The number of carbonyl (C=O) groups is 1. The first kappa shape index (κ1) is 23.1. The van der Waals surface area contributed by atoms with Crippen LogP contribution in [0.2, 0.25) is 18.1 Å². The van der Waals surface area contributed by atoms with Gasteiger partial charge in [-0.3, -0.25) is 0 Å². The second-order valence-corrected chi connectivity index (χ2v) is 14.0. The van der Waals surface area contributed by atoms with Gasteiger partial charge in [-0.25, -0.2) is 9.78 Å². The van der Waals surface area contributed by atoms with Crippen LogP contribution in [0.4, 0.5) is 5.13 Å². The number of methoxy groups -OCH3 is 1. The Balaban J connectivity index is 2.51. The number of thiazole rings is 1. The van der Waals surface area contributed by atoms with Crippen molar-refractivity contribution in [1.82, 2.24) is 9.88 Å². The number of rotatable bonds is 10. The maximum atomic E-state index is 11.4. The summed E-state index contributed by atoms with van der Waals surface area (Å²) in [4.78, 5) is 17.9. The van der Waals surface area contributed by atoms with Crippen LogP contribution >= 0.6 is 11.3 Å². The minimum atomic E-state index is -1.78. The largest absolute Gasteiger partial charge is 0.464 e. The Bertz CT molecular complexity index is 570. The van der Waals surface area contributed by atoms with Gasteiger partial charge in [-0.05, 0) is 45.1 Å². The number of nitrogens with zero attached hydrogens (tertiary/aromatic N) is 2. The number of nitrogens with one attached hydrogen (secondary N) is 1. The first-order chi connectivity index (χ1) is 12.0. The highest BCUT2D eigenvalue weighted by molar-refractivity contribution is 7.13. The molecule has 0 aliphatic heterocycles. The third-order valence-corrected chi connectivity index (χ3v) is 10.0. The van der Waals surface area contributed by atoms with E-state index in [9.17, 15) is 4.79 Å². The van der Waals surface area contributed by atoms with Gasteiger partial charge in [0, 0.05) is 18.5 Å². The molecule has 1 rings (SSSR count). The minimum absolute atomic E-state index is 0.209. The van der Waals surface area contributed by atoms with E-state index in [1.807, 2.05) is 0 Å². The summed E-state index contributed by atoms with van der Waals surface area (Å²) < 4.78 is 11.3. The van der Waals surface area contributed by atoms with Crippen molar-refractivity contribution in [2.75, 3.05) is 39.6 Å². The molecule has 0 aliphatic carbocycles. The predicted octanol–water partition coefficient (Wildman–Crippen LogP) is 4.07. The fraction of sp³-hybridized carbons (Fsp3) is 0.778. The van der Waals surface area contributed by atoms with Crippen LogP contribution in [0.1, 0.15) is 44.1 Å². The zero-order valence-corrected chi connectivity index (χ0v) is 19.3. The Morgan fingerprint density at radius 3 is 2.58 bits per heavy atom. The first-order valence-electron chi connectivity index (χ1n) is 9.06. The number of anilines is 1. The van der Waals surface area contributed by atoms with E-state index in [-0.39, 0.29) is 11.1 Å². The van der Waals surface area contributed by atoms with Gasteiger partial charge in [0.15, 0.2) is 19.1 Å². The molecule has 1 N–H and O–H groups in total. The molecule has 0 amide bonds. The second kappa shape index (κ2) is 9.82. The fourth-order valence-corrected chi connectivity index (χ4v) is 4.35. The van der Waals surface area contributed by atoms with E-state index >= 15 is 0 Å². The number of carbonyl (C=O) groups excluding carboxylic acids is 1. The molecule has 1 unspecified atom stereocenters. The maximum Gasteiger partial charge on any atom is 0.357 e. The van der Waals surface area contributed by atoms with Gasteiger partial charge in [0.25, 0.3) is 0 Å².